The van der Waals surface area contributed by atoms with E-state index < -0.39 is 0 Å². The van der Waals surface area contributed by atoms with Crippen LogP contribution in [0.4, 0.5) is 9.93 Å². The smallest absolute Gasteiger partial charge is 0.323 e. The molecule has 2 bridgehead atoms. The first-order valence-corrected chi connectivity index (χ1v) is 8.62. The van der Waals surface area contributed by atoms with Gasteiger partial charge >= 0.3 is 6.03 Å². The monoisotopic (exact) mass is 308 g/mol. The second kappa shape index (κ2) is 5.93. The van der Waals surface area contributed by atoms with Crippen LogP contribution in [0.15, 0.2) is 6.20 Å². The van der Waals surface area contributed by atoms with Crippen molar-refractivity contribution in [2.45, 2.75) is 58.2 Å². The Morgan fingerprint density at radius 2 is 2.14 bits per heavy atom. The van der Waals surface area contributed by atoms with Crippen LogP contribution < -0.4 is 5.32 Å². The maximum atomic E-state index is 12.4. The average molecular weight is 308 g/mol. The molecule has 116 valence electrons. The summed E-state index contributed by atoms with van der Waals surface area (Å²) < 4.78 is 0. The number of rotatable bonds is 2. The van der Waals surface area contributed by atoms with Crippen LogP contribution in [0.3, 0.4) is 0 Å². The molecule has 2 aliphatic rings. The second-order valence-electron chi connectivity index (χ2n) is 6.37. The van der Waals surface area contributed by atoms with Crippen molar-refractivity contribution in [2.24, 2.45) is 0 Å². The molecule has 0 radical (unpaired) electrons. The number of hydrogen-bond donors (Lipinski definition) is 1. The van der Waals surface area contributed by atoms with Gasteiger partial charge in [0, 0.05) is 42.3 Å². The van der Waals surface area contributed by atoms with Crippen LogP contribution >= 0.6 is 11.3 Å². The third-order valence-electron chi connectivity index (χ3n) is 4.56. The Bertz CT molecular complexity index is 516. The molecule has 0 aromatic carbocycles. The number of aryl methyl sites for hydroxylation is 1. The molecular formula is C15H24N4OS. The SMILES string of the molecule is Cc1cnc(NC(=O)N2CCC3CCC(C2)N3C(C)C)s1. The van der Waals surface area contributed by atoms with Crippen LogP contribution in [0, 0.1) is 6.92 Å². The Hall–Kier alpha value is -1.14. The number of anilines is 1. The first kappa shape index (κ1) is 14.8. The van der Waals surface area contributed by atoms with Crippen molar-refractivity contribution < 1.29 is 4.79 Å². The maximum Gasteiger partial charge on any atom is 0.323 e. The lowest BCUT2D eigenvalue weighted by Crippen LogP contribution is -2.45. The number of carbonyl (C=O) groups excluding carboxylic acids is 1. The zero-order valence-electron chi connectivity index (χ0n) is 13.0. The predicted octanol–water partition coefficient (Wildman–Crippen LogP) is 2.93. The Kier molecular flexibility index (Phi) is 4.17. The topological polar surface area (TPSA) is 48.5 Å². The number of amides is 2. The predicted molar refractivity (Wildman–Crippen MR) is 85.8 cm³/mol. The van der Waals surface area contributed by atoms with E-state index in [-0.39, 0.29) is 6.03 Å². The third-order valence-corrected chi connectivity index (χ3v) is 5.39. The van der Waals surface area contributed by atoms with Crippen molar-refractivity contribution in [2.75, 3.05) is 18.4 Å². The van der Waals surface area contributed by atoms with Crippen LogP contribution in [0.25, 0.3) is 0 Å². The van der Waals surface area contributed by atoms with Gasteiger partial charge in [-0.05, 0) is 40.0 Å². The quantitative estimate of drug-likeness (QED) is 0.914. The number of thiazole rings is 1. The normalized spacial score (nSPS) is 26.2. The van der Waals surface area contributed by atoms with Gasteiger partial charge in [0.25, 0.3) is 0 Å². The van der Waals surface area contributed by atoms with Crippen molar-refractivity contribution >= 4 is 22.5 Å². The molecular weight excluding hydrogens is 284 g/mol. The van der Waals surface area contributed by atoms with Crippen molar-refractivity contribution in [1.29, 1.82) is 0 Å². The lowest BCUT2D eigenvalue weighted by atomic mass is 10.1. The Balaban J connectivity index is 1.66. The van der Waals surface area contributed by atoms with Crippen LogP contribution in [0.2, 0.25) is 0 Å². The van der Waals surface area contributed by atoms with Crippen molar-refractivity contribution in [1.82, 2.24) is 14.8 Å². The third kappa shape index (κ3) is 3.06. The van der Waals surface area contributed by atoms with Crippen molar-refractivity contribution in [3.8, 4) is 0 Å². The minimum Gasteiger partial charge on any atom is -0.323 e. The van der Waals surface area contributed by atoms with E-state index in [1.54, 1.807) is 6.20 Å². The van der Waals surface area contributed by atoms with Crippen LogP contribution in [-0.4, -0.2) is 52.0 Å². The highest BCUT2D eigenvalue weighted by molar-refractivity contribution is 7.15. The number of nitrogens with zero attached hydrogens (tertiary/aromatic N) is 3. The van der Waals surface area contributed by atoms with E-state index >= 15 is 0 Å². The molecule has 1 N–H and O–H groups in total. The minimum absolute atomic E-state index is 0.000561. The molecule has 0 saturated carbocycles. The summed E-state index contributed by atoms with van der Waals surface area (Å²) in [4.78, 5) is 22.4. The zero-order valence-corrected chi connectivity index (χ0v) is 13.8. The van der Waals surface area contributed by atoms with E-state index in [0.717, 1.165) is 24.4 Å². The van der Waals surface area contributed by atoms with Gasteiger partial charge in [0.2, 0.25) is 0 Å². The molecule has 5 nitrogen and oxygen atoms in total. The largest absolute Gasteiger partial charge is 0.323 e. The highest BCUT2D eigenvalue weighted by Gasteiger charge is 2.39. The van der Waals surface area contributed by atoms with Crippen LogP contribution in [0.5, 0.6) is 0 Å². The molecule has 2 aliphatic heterocycles. The Morgan fingerprint density at radius 1 is 1.38 bits per heavy atom. The first-order valence-electron chi connectivity index (χ1n) is 7.80. The van der Waals surface area contributed by atoms with Gasteiger partial charge in [0.15, 0.2) is 5.13 Å². The van der Waals surface area contributed by atoms with Gasteiger partial charge < -0.3 is 4.90 Å². The second-order valence-corrected chi connectivity index (χ2v) is 7.60. The average Bonchev–Trinajstić information content (AvgIpc) is 2.92. The summed E-state index contributed by atoms with van der Waals surface area (Å²) in [6.07, 6.45) is 5.37. The lowest BCUT2D eigenvalue weighted by Gasteiger charge is -2.32. The van der Waals surface area contributed by atoms with Crippen LogP contribution in [-0.2, 0) is 0 Å². The summed E-state index contributed by atoms with van der Waals surface area (Å²) in [6.45, 7) is 8.21. The molecule has 2 amide bonds. The van der Waals surface area contributed by atoms with E-state index in [1.807, 2.05) is 11.8 Å². The van der Waals surface area contributed by atoms with E-state index in [9.17, 15) is 4.79 Å². The number of likely N-dealkylation sites (tertiary alicyclic amines) is 1. The van der Waals surface area contributed by atoms with Gasteiger partial charge in [0.1, 0.15) is 0 Å². The fraction of sp³-hybridized carbons (Fsp3) is 0.733. The number of aromatic nitrogens is 1. The molecule has 2 saturated heterocycles. The number of fused-ring (bicyclic) bond motifs is 2. The lowest BCUT2D eigenvalue weighted by molar-refractivity contribution is 0.149. The highest BCUT2D eigenvalue weighted by atomic mass is 32.1. The molecule has 1 aromatic heterocycles. The fourth-order valence-electron chi connectivity index (χ4n) is 3.72. The first-order chi connectivity index (χ1) is 10.0. The molecule has 2 fully saturated rings. The molecule has 1 aromatic rings. The highest BCUT2D eigenvalue weighted by Crippen LogP contribution is 2.32. The molecule has 0 spiro atoms. The number of hydrogen-bond acceptors (Lipinski definition) is 4. The molecule has 3 heterocycles. The zero-order chi connectivity index (χ0) is 15.0. The van der Waals surface area contributed by atoms with Gasteiger partial charge in [-0.2, -0.15) is 0 Å². The summed E-state index contributed by atoms with van der Waals surface area (Å²) >= 11 is 1.53. The molecule has 3 rings (SSSR count). The van der Waals surface area contributed by atoms with Crippen molar-refractivity contribution in [3.63, 3.8) is 0 Å². The minimum atomic E-state index is 0.000561. The van der Waals surface area contributed by atoms with Gasteiger partial charge in [0.05, 0.1) is 0 Å². The standard InChI is InChI=1S/C15H24N4OS/c1-10(2)19-12-4-5-13(19)9-18(7-6-12)15(20)17-14-16-8-11(3)21-14/h8,10,12-13H,4-7,9H2,1-3H3,(H,16,17,20). The molecule has 21 heavy (non-hydrogen) atoms. The maximum absolute atomic E-state index is 12.4. The summed E-state index contributed by atoms with van der Waals surface area (Å²) in [7, 11) is 0. The van der Waals surface area contributed by atoms with Crippen molar-refractivity contribution in [3.05, 3.63) is 11.1 Å². The number of carbonyl (C=O) groups is 1. The summed E-state index contributed by atoms with van der Waals surface area (Å²) in [5.41, 5.74) is 0. The molecule has 6 heteroatoms. The van der Waals surface area contributed by atoms with Gasteiger partial charge in [-0.15, -0.1) is 11.3 Å². The van der Waals surface area contributed by atoms with E-state index in [4.69, 9.17) is 0 Å². The summed E-state index contributed by atoms with van der Waals surface area (Å²) in [6, 6.07) is 1.73. The summed E-state index contributed by atoms with van der Waals surface area (Å²) in [5.74, 6) is 0. The van der Waals surface area contributed by atoms with Gasteiger partial charge in [-0.1, -0.05) is 0 Å². The van der Waals surface area contributed by atoms with Gasteiger partial charge in [-0.25, -0.2) is 9.78 Å². The fourth-order valence-corrected chi connectivity index (χ4v) is 4.38. The molecule has 2 atom stereocenters. The summed E-state index contributed by atoms with van der Waals surface area (Å²) in [5, 5.41) is 3.64. The Morgan fingerprint density at radius 3 is 2.81 bits per heavy atom. The van der Waals surface area contributed by atoms with E-state index in [2.05, 4.69) is 29.0 Å². The van der Waals surface area contributed by atoms with Crippen LogP contribution in [0.1, 0.15) is 38.0 Å². The Labute approximate surface area is 130 Å². The number of urea groups is 1. The van der Waals surface area contributed by atoms with Gasteiger partial charge in [-0.3, -0.25) is 10.2 Å². The van der Waals surface area contributed by atoms with E-state index in [1.165, 1.54) is 24.2 Å². The molecule has 0 aliphatic carbocycles. The molecule has 2 unspecified atom stereocenters. The van der Waals surface area contributed by atoms with E-state index in [0.29, 0.717) is 23.3 Å². The number of nitrogens with one attached hydrogen (secondary N) is 1.